The molecule has 4 heteroatoms. The minimum absolute atomic E-state index is 0.480. The molecule has 3 rings (SSSR count). The Bertz CT molecular complexity index is 708. The molecule has 0 saturated heterocycles. The summed E-state index contributed by atoms with van der Waals surface area (Å²) >= 11 is 4.38. The number of nitrogens with zero attached hydrogens (tertiary/aromatic N) is 1. The van der Waals surface area contributed by atoms with Crippen LogP contribution in [0.5, 0.6) is 11.5 Å². The molecule has 0 bridgehead atoms. The fourth-order valence-corrected chi connectivity index (χ4v) is 2.30. The Morgan fingerprint density at radius 3 is 2.89 bits per heavy atom. The molecule has 0 radical (unpaired) electrons. The summed E-state index contributed by atoms with van der Waals surface area (Å²) in [6.45, 7) is 1.93. The average molecular weight is 269 g/mol. The molecular formula is C15H11NO2S. The fraction of sp³-hybridized carbons (Fsp3) is 0.0667. The second-order valence-corrected chi connectivity index (χ2v) is 4.78. The number of hydrogen-bond acceptors (Lipinski definition) is 4. The SMILES string of the molecule is Cc1c(S)cc(C=O)c2c1C=Nc1ccccc1O2. The van der Waals surface area contributed by atoms with E-state index in [1.807, 2.05) is 31.2 Å². The molecule has 0 aromatic heterocycles. The number of carbonyl (C=O) groups excluding carboxylic acids is 1. The van der Waals surface area contributed by atoms with Crippen molar-refractivity contribution in [1.82, 2.24) is 0 Å². The van der Waals surface area contributed by atoms with E-state index in [1.54, 1.807) is 12.3 Å². The van der Waals surface area contributed by atoms with Gasteiger partial charge in [0.15, 0.2) is 12.0 Å². The Morgan fingerprint density at radius 1 is 1.32 bits per heavy atom. The van der Waals surface area contributed by atoms with E-state index in [0.717, 1.165) is 28.0 Å². The normalized spacial score (nSPS) is 12.1. The maximum Gasteiger partial charge on any atom is 0.153 e. The largest absolute Gasteiger partial charge is 0.454 e. The summed E-state index contributed by atoms with van der Waals surface area (Å²) in [5.41, 5.74) is 2.97. The molecule has 94 valence electrons. The van der Waals surface area contributed by atoms with Gasteiger partial charge in [-0.15, -0.1) is 12.6 Å². The van der Waals surface area contributed by atoms with Gasteiger partial charge in [0.2, 0.25) is 0 Å². The van der Waals surface area contributed by atoms with Gasteiger partial charge >= 0.3 is 0 Å². The first-order valence-electron chi connectivity index (χ1n) is 5.83. The van der Waals surface area contributed by atoms with E-state index in [4.69, 9.17) is 4.74 Å². The maximum absolute atomic E-state index is 11.2. The molecule has 0 atom stereocenters. The van der Waals surface area contributed by atoms with E-state index >= 15 is 0 Å². The third kappa shape index (κ3) is 1.94. The molecule has 3 nitrogen and oxygen atoms in total. The zero-order chi connectivity index (χ0) is 13.4. The monoisotopic (exact) mass is 269 g/mol. The molecule has 19 heavy (non-hydrogen) atoms. The molecule has 2 aromatic carbocycles. The molecule has 0 fully saturated rings. The van der Waals surface area contributed by atoms with Crippen molar-refractivity contribution in [1.29, 1.82) is 0 Å². The number of carbonyl (C=O) groups is 1. The van der Waals surface area contributed by atoms with Crippen molar-refractivity contribution in [2.75, 3.05) is 0 Å². The first-order valence-corrected chi connectivity index (χ1v) is 6.28. The van der Waals surface area contributed by atoms with Gasteiger partial charge in [-0.25, -0.2) is 0 Å². The highest BCUT2D eigenvalue weighted by molar-refractivity contribution is 7.80. The van der Waals surface area contributed by atoms with Crippen LogP contribution in [0.15, 0.2) is 40.2 Å². The van der Waals surface area contributed by atoms with Gasteiger partial charge in [-0.3, -0.25) is 9.79 Å². The summed E-state index contributed by atoms with van der Waals surface area (Å²) < 4.78 is 5.87. The van der Waals surface area contributed by atoms with Crippen LogP contribution in [-0.2, 0) is 0 Å². The molecule has 2 aromatic rings. The van der Waals surface area contributed by atoms with Gasteiger partial charge in [0, 0.05) is 16.7 Å². The highest BCUT2D eigenvalue weighted by Gasteiger charge is 2.18. The molecule has 1 heterocycles. The smallest absolute Gasteiger partial charge is 0.153 e. The standard InChI is InChI=1S/C15H11NO2S/c1-9-11-7-16-12-4-2-3-5-13(12)18-15(11)10(8-17)6-14(9)19/h2-8,19H,1H3. The van der Waals surface area contributed by atoms with Crippen molar-refractivity contribution in [2.45, 2.75) is 11.8 Å². The van der Waals surface area contributed by atoms with Crippen LogP contribution in [0, 0.1) is 6.92 Å². The lowest BCUT2D eigenvalue weighted by Crippen LogP contribution is -1.98. The number of rotatable bonds is 1. The summed E-state index contributed by atoms with van der Waals surface area (Å²) in [4.78, 5) is 16.4. The van der Waals surface area contributed by atoms with Crippen molar-refractivity contribution >= 4 is 30.8 Å². The summed E-state index contributed by atoms with van der Waals surface area (Å²) in [6, 6.07) is 9.19. The molecule has 0 amide bonds. The number of ether oxygens (including phenoxy) is 1. The van der Waals surface area contributed by atoms with Gasteiger partial charge in [-0.1, -0.05) is 12.1 Å². The van der Waals surface area contributed by atoms with Crippen LogP contribution >= 0.6 is 12.6 Å². The summed E-state index contributed by atoms with van der Waals surface area (Å²) in [5.74, 6) is 1.19. The lowest BCUT2D eigenvalue weighted by atomic mass is 10.0. The number of aldehydes is 1. The van der Waals surface area contributed by atoms with E-state index in [1.165, 1.54) is 0 Å². The zero-order valence-corrected chi connectivity index (χ0v) is 11.1. The molecule has 0 N–H and O–H groups in total. The molecule has 0 aliphatic carbocycles. The molecule has 1 aliphatic heterocycles. The van der Waals surface area contributed by atoms with Crippen molar-refractivity contribution in [2.24, 2.45) is 4.99 Å². The van der Waals surface area contributed by atoms with Gasteiger partial charge in [-0.05, 0) is 30.7 Å². The average Bonchev–Trinajstić information content (AvgIpc) is 2.62. The van der Waals surface area contributed by atoms with Gasteiger partial charge < -0.3 is 4.74 Å². The highest BCUT2D eigenvalue weighted by Crippen LogP contribution is 2.39. The number of para-hydroxylation sites is 2. The van der Waals surface area contributed by atoms with Crippen molar-refractivity contribution in [3.63, 3.8) is 0 Å². The molecule has 1 aliphatic rings. The van der Waals surface area contributed by atoms with Crippen molar-refractivity contribution in [3.05, 3.63) is 47.0 Å². The van der Waals surface area contributed by atoms with Crippen molar-refractivity contribution < 1.29 is 9.53 Å². The van der Waals surface area contributed by atoms with Crippen LogP contribution < -0.4 is 4.74 Å². The maximum atomic E-state index is 11.2. The number of hydrogen-bond donors (Lipinski definition) is 1. The predicted molar refractivity (Wildman–Crippen MR) is 77.6 cm³/mol. The van der Waals surface area contributed by atoms with Gasteiger partial charge in [-0.2, -0.15) is 0 Å². The topological polar surface area (TPSA) is 38.7 Å². The van der Waals surface area contributed by atoms with Gasteiger partial charge in [0.25, 0.3) is 0 Å². The first kappa shape index (κ1) is 12.0. The molecular weight excluding hydrogens is 258 g/mol. The predicted octanol–water partition coefficient (Wildman–Crippen LogP) is 3.95. The van der Waals surface area contributed by atoms with E-state index < -0.39 is 0 Å². The first-order chi connectivity index (χ1) is 9.20. The lowest BCUT2D eigenvalue weighted by molar-refractivity contribution is 0.112. The lowest BCUT2D eigenvalue weighted by Gasteiger charge is -2.13. The van der Waals surface area contributed by atoms with E-state index in [9.17, 15) is 4.79 Å². The fourth-order valence-electron chi connectivity index (χ4n) is 2.04. The summed E-state index contributed by atoms with van der Waals surface area (Å²) in [5, 5.41) is 0. The van der Waals surface area contributed by atoms with Crippen LogP contribution in [0.4, 0.5) is 5.69 Å². The summed E-state index contributed by atoms with van der Waals surface area (Å²) in [6.07, 6.45) is 2.50. The second-order valence-electron chi connectivity index (χ2n) is 4.30. The Labute approximate surface area is 116 Å². The highest BCUT2D eigenvalue weighted by atomic mass is 32.1. The Kier molecular flexibility index (Phi) is 2.87. The van der Waals surface area contributed by atoms with Gasteiger partial charge in [0.1, 0.15) is 11.4 Å². The molecule has 0 spiro atoms. The minimum Gasteiger partial charge on any atom is -0.454 e. The molecule has 0 unspecified atom stereocenters. The zero-order valence-electron chi connectivity index (χ0n) is 10.3. The van der Waals surface area contributed by atoms with Crippen LogP contribution in [0.25, 0.3) is 0 Å². The van der Waals surface area contributed by atoms with Crippen LogP contribution in [-0.4, -0.2) is 12.5 Å². The second kappa shape index (κ2) is 4.55. The van der Waals surface area contributed by atoms with Crippen molar-refractivity contribution in [3.8, 4) is 11.5 Å². The molecule has 0 saturated carbocycles. The van der Waals surface area contributed by atoms with Crippen LogP contribution in [0.3, 0.4) is 0 Å². The third-order valence-electron chi connectivity index (χ3n) is 3.12. The minimum atomic E-state index is 0.480. The van der Waals surface area contributed by atoms with Crippen LogP contribution in [0.1, 0.15) is 21.5 Å². The van der Waals surface area contributed by atoms with E-state index in [2.05, 4.69) is 17.6 Å². The van der Waals surface area contributed by atoms with Crippen LogP contribution in [0.2, 0.25) is 0 Å². The number of aliphatic imine (C=N–C) groups is 1. The summed E-state index contributed by atoms with van der Waals surface area (Å²) in [7, 11) is 0. The Hall–Kier alpha value is -2.07. The third-order valence-corrected chi connectivity index (χ3v) is 3.59. The number of benzene rings is 2. The number of thiol groups is 1. The number of fused-ring (bicyclic) bond motifs is 2. The Balaban J connectivity index is 2.29. The quantitative estimate of drug-likeness (QED) is 0.536. The van der Waals surface area contributed by atoms with E-state index in [0.29, 0.717) is 17.1 Å². The van der Waals surface area contributed by atoms with Gasteiger partial charge in [0.05, 0.1) is 5.56 Å². The van der Waals surface area contributed by atoms with E-state index in [-0.39, 0.29) is 0 Å². The Morgan fingerprint density at radius 2 is 2.11 bits per heavy atom.